The van der Waals surface area contributed by atoms with E-state index in [-0.39, 0.29) is 31.1 Å². The molecule has 0 aromatic rings. The number of hydrogen-bond donors (Lipinski definition) is 4. The van der Waals surface area contributed by atoms with Gasteiger partial charge in [0, 0.05) is 55.3 Å². The van der Waals surface area contributed by atoms with Crippen LogP contribution < -0.4 is 21.3 Å². The van der Waals surface area contributed by atoms with Gasteiger partial charge in [-0.15, -0.1) is 0 Å². The Labute approximate surface area is 527 Å². The van der Waals surface area contributed by atoms with Crippen molar-refractivity contribution in [3.63, 3.8) is 0 Å². The number of amides is 11. The van der Waals surface area contributed by atoms with Crippen LogP contribution in [-0.4, -0.2) is 221 Å². The standard InChI is InChI=1S/C65H115N11O12/c1-26-31-32-43(16)55(78)54-59(82)68-49(36(6)7)63(86)70(19)35-48(77)73(22)52(41(14)29-4)58(81)69-50(37(8)9)64(87)75(24)53(42(15)30-5)57(80)66-44(17)56(79)67-45(18)60(83)71(20)46(33-39(12)27-2)61(84)72(21)47(34-40(13)28-3)62(85)74(23)51(38(10)11)65(88)76(54)25/h26,31,36-47,49-54H,27-30,32-35H2,1-25H3,(H,66,80)(H,67,79)(H,68,82)(H,69,81). The summed E-state index contributed by atoms with van der Waals surface area (Å²) in [5, 5.41) is 11.0. The van der Waals surface area contributed by atoms with E-state index in [1.54, 1.807) is 81.4 Å². The fraction of sp³-hybridized carbons (Fsp3) is 0.785. The van der Waals surface area contributed by atoms with Gasteiger partial charge < -0.3 is 55.6 Å². The maximum Gasteiger partial charge on any atom is 0.251 e. The molecule has 1 saturated heterocycles. The van der Waals surface area contributed by atoms with Crippen LogP contribution in [0.2, 0.25) is 0 Å². The molecule has 4 N–H and O–H groups in total. The van der Waals surface area contributed by atoms with Crippen molar-refractivity contribution in [3.05, 3.63) is 12.2 Å². The molecule has 0 spiro atoms. The minimum absolute atomic E-state index is 0.101. The number of rotatable bonds is 17. The van der Waals surface area contributed by atoms with Gasteiger partial charge in [0.25, 0.3) is 5.91 Å². The maximum absolute atomic E-state index is 15.3. The highest BCUT2D eigenvalue weighted by atomic mass is 16.2. The summed E-state index contributed by atoms with van der Waals surface area (Å²) >= 11 is 0. The van der Waals surface area contributed by atoms with Crippen molar-refractivity contribution in [1.82, 2.24) is 55.6 Å². The summed E-state index contributed by atoms with van der Waals surface area (Å²) in [6.07, 6.45) is 6.13. The monoisotopic (exact) mass is 1240 g/mol. The van der Waals surface area contributed by atoms with Crippen LogP contribution in [0.3, 0.4) is 0 Å². The van der Waals surface area contributed by atoms with Crippen molar-refractivity contribution < 1.29 is 57.5 Å². The summed E-state index contributed by atoms with van der Waals surface area (Å²) in [6.45, 7) is 30.9. The molecule has 1 fully saturated rings. The first kappa shape index (κ1) is 79.6. The summed E-state index contributed by atoms with van der Waals surface area (Å²) in [7, 11) is 9.89. The first-order valence-electron chi connectivity index (χ1n) is 32.0. The Morgan fingerprint density at radius 1 is 0.455 bits per heavy atom. The highest BCUT2D eigenvalue weighted by molar-refractivity contribution is 6.10. The molecule has 1 aliphatic heterocycles. The van der Waals surface area contributed by atoms with Crippen LogP contribution in [0.25, 0.3) is 0 Å². The second-order valence-electron chi connectivity index (χ2n) is 26.3. The second-order valence-corrected chi connectivity index (χ2v) is 26.3. The highest BCUT2D eigenvalue weighted by Gasteiger charge is 2.46. The number of ketones is 1. The number of hydrogen-bond acceptors (Lipinski definition) is 12. The van der Waals surface area contributed by atoms with Gasteiger partial charge >= 0.3 is 0 Å². The normalized spacial score (nSPS) is 27.3. The minimum Gasteiger partial charge on any atom is -0.343 e. The Hall–Kier alpha value is -6.42. The van der Waals surface area contributed by atoms with Gasteiger partial charge in [-0.2, -0.15) is 0 Å². The van der Waals surface area contributed by atoms with Gasteiger partial charge in [-0.3, -0.25) is 57.5 Å². The van der Waals surface area contributed by atoms with Gasteiger partial charge in [0.1, 0.15) is 54.4 Å². The van der Waals surface area contributed by atoms with Crippen LogP contribution in [0, 0.1) is 47.3 Å². The topological polar surface area (TPSA) is 276 Å². The highest BCUT2D eigenvalue weighted by Crippen LogP contribution is 2.26. The van der Waals surface area contributed by atoms with Gasteiger partial charge in [0.05, 0.1) is 6.54 Å². The van der Waals surface area contributed by atoms with E-state index in [9.17, 15) is 43.2 Å². The molecule has 0 aromatic heterocycles. The van der Waals surface area contributed by atoms with E-state index >= 15 is 14.4 Å². The number of Topliss-reactive ketones (excluding diaryl/α,β-unsaturated/α-hetero) is 1. The molecular weight excluding hydrogens is 1130 g/mol. The Kier molecular flexibility index (Phi) is 32.8. The number of nitrogens with one attached hydrogen (secondary N) is 4. The minimum atomic E-state index is -1.82. The lowest BCUT2D eigenvalue weighted by Gasteiger charge is -2.41. The zero-order valence-electron chi connectivity index (χ0n) is 58.2. The van der Waals surface area contributed by atoms with Gasteiger partial charge in [0.2, 0.25) is 59.1 Å². The molecule has 15 atom stereocenters. The summed E-state index contributed by atoms with van der Waals surface area (Å²) in [5.41, 5.74) is 0. The van der Waals surface area contributed by atoms with Crippen molar-refractivity contribution >= 4 is 70.8 Å². The average molecular weight is 1240 g/mol. The third kappa shape index (κ3) is 20.8. The van der Waals surface area contributed by atoms with Crippen LogP contribution in [0.15, 0.2) is 12.2 Å². The van der Waals surface area contributed by atoms with Crippen LogP contribution in [-0.2, 0) is 57.5 Å². The lowest BCUT2D eigenvalue weighted by molar-refractivity contribution is -0.157. The Morgan fingerprint density at radius 3 is 1.31 bits per heavy atom. The number of carbonyl (C=O) groups is 12. The van der Waals surface area contributed by atoms with E-state index in [1.165, 1.54) is 87.7 Å². The van der Waals surface area contributed by atoms with Crippen molar-refractivity contribution in [2.45, 2.75) is 230 Å². The largest absolute Gasteiger partial charge is 0.343 e. The SMILES string of the molecule is CC=CCC(C)C(=O)C1C(=O)NC(C(C)C)C(=O)N(C)CC(=O)N(C)C(C(C)CC)C(=O)NC(C(C)C)C(=O)N(C)C(C(C)CC)C(=O)NC(C)C(=O)NC(C)C(=O)N(C)C(CC(C)CC)C(=O)N(C)C(CC(C)CC)C(=O)N(C)C(C(C)C)C(=O)N1C. The molecule has 23 heteroatoms. The molecule has 23 nitrogen and oxygen atoms in total. The number of likely N-dealkylation sites (N-methyl/N-ethyl adjacent to an activating group) is 7. The van der Waals surface area contributed by atoms with E-state index < -0.39 is 173 Å². The molecular formula is C65H115N11O12. The van der Waals surface area contributed by atoms with Crippen LogP contribution >= 0.6 is 0 Å². The van der Waals surface area contributed by atoms with Crippen molar-refractivity contribution in [2.24, 2.45) is 47.3 Å². The first-order valence-corrected chi connectivity index (χ1v) is 32.0. The van der Waals surface area contributed by atoms with Gasteiger partial charge in [-0.25, -0.2) is 0 Å². The summed E-state index contributed by atoms with van der Waals surface area (Å²) < 4.78 is 0. The van der Waals surface area contributed by atoms with E-state index in [0.29, 0.717) is 25.7 Å². The van der Waals surface area contributed by atoms with Crippen LogP contribution in [0.4, 0.5) is 0 Å². The molecule has 502 valence electrons. The molecule has 0 radical (unpaired) electrons. The molecule has 0 bridgehead atoms. The maximum atomic E-state index is 15.3. The van der Waals surface area contributed by atoms with E-state index in [0.717, 1.165) is 9.80 Å². The Morgan fingerprint density at radius 2 is 0.864 bits per heavy atom. The third-order valence-electron chi connectivity index (χ3n) is 18.1. The molecule has 0 aliphatic carbocycles. The van der Waals surface area contributed by atoms with E-state index in [2.05, 4.69) is 21.3 Å². The Bertz CT molecular complexity index is 2450. The quantitative estimate of drug-likeness (QED) is 0.116. The van der Waals surface area contributed by atoms with E-state index in [4.69, 9.17) is 0 Å². The summed E-state index contributed by atoms with van der Waals surface area (Å²) in [5.74, 6) is -12.1. The molecule has 11 amide bonds. The van der Waals surface area contributed by atoms with Gasteiger partial charge in [-0.05, 0) is 81.5 Å². The first-order chi connectivity index (χ1) is 40.8. The fourth-order valence-corrected chi connectivity index (χ4v) is 11.1. The fourth-order valence-electron chi connectivity index (χ4n) is 11.1. The van der Waals surface area contributed by atoms with Crippen molar-refractivity contribution in [2.75, 3.05) is 55.9 Å². The van der Waals surface area contributed by atoms with Gasteiger partial charge in [0.15, 0.2) is 11.8 Å². The smallest absolute Gasteiger partial charge is 0.251 e. The zero-order valence-corrected chi connectivity index (χ0v) is 58.2. The predicted molar refractivity (Wildman–Crippen MR) is 341 cm³/mol. The molecule has 0 saturated carbocycles. The van der Waals surface area contributed by atoms with Crippen molar-refractivity contribution in [3.8, 4) is 0 Å². The Balaban J connectivity index is 4.44. The summed E-state index contributed by atoms with van der Waals surface area (Å²) in [6, 6.07) is -12.8. The third-order valence-corrected chi connectivity index (χ3v) is 18.1. The van der Waals surface area contributed by atoms with Gasteiger partial charge in [-0.1, -0.05) is 142 Å². The summed E-state index contributed by atoms with van der Waals surface area (Å²) in [4.78, 5) is 185. The van der Waals surface area contributed by atoms with Crippen molar-refractivity contribution in [1.29, 1.82) is 0 Å². The molecule has 1 heterocycles. The zero-order chi connectivity index (χ0) is 68.3. The van der Waals surface area contributed by atoms with Crippen LogP contribution in [0.5, 0.6) is 0 Å². The average Bonchev–Trinajstić information content (AvgIpc) is 3.67. The van der Waals surface area contributed by atoms with E-state index in [1.807, 2.05) is 41.5 Å². The molecule has 0 aromatic carbocycles. The number of carbonyl (C=O) groups excluding carboxylic acids is 12. The number of allylic oxidation sites excluding steroid dienone is 2. The molecule has 88 heavy (non-hydrogen) atoms. The molecule has 1 rings (SSSR count). The lowest BCUT2D eigenvalue weighted by Crippen LogP contribution is -2.63. The lowest BCUT2D eigenvalue weighted by atomic mass is 9.92. The predicted octanol–water partition coefficient (Wildman–Crippen LogP) is 4.50. The number of nitrogens with zero attached hydrogens (tertiary/aromatic N) is 7. The second kappa shape index (κ2) is 36.3. The van der Waals surface area contributed by atoms with Crippen LogP contribution in [0.1, 0.15) is 170 Å². The molecule has 1 aliphatic rings. The molecule has 15 unspecified atom stereocenters.